The Morgan fingerprint density at radius 2 is 1.78 bits per heavy atom. The zero-order valence-corrected chi connectivity index (χ0v) is 11.8. The molecule has 1 aliphatic carbocycles. The van der Waals surface area contributed by atoms with Crippen LogP contribution in [-0.2, 0) is 14.8 Å². The Hall–Kier alpha value is -0.780. The first-order chi connectivity index (χ1) is 8.19. The van der Waals surface area contributed by atoms with E-state index in [4.69, 9.17) is 23.2 Å². The summed E-state index contributed by atoms with van der Waals surface area (Å²) in [6.07, 6.45) is 0.235. The average molecular weight is 308 g/mol. The molecular weight excluding hydrogens is 297 g/mol. The van der Waals surface area contributed by atoms with Gasteiger partial charge in [0.05, 0.1) is 10.3 Å². The molecule has 7 heteroatoms. The normalized spacial score (nSPS) is 25.5. The molecular formula is C11H11Cl2NO3S. The fourth-order valence-electron chi connectivity index (χ4n) is 1.54. The molecule has 1 amide bonds. The summed E-state index contributed by atoms with van der Waals surface area (Å²) in [5.41, 5.74) is -1.06. The molecule has 0 spiro atoms. The third-order valence-corrected chi connectivity index (χ3v) is 5.49. The van der Waals surface area contributed by atoms with Gasteiger partial charge >= 0.3 is 0 Å². The summed E-state index contributed by atoms with van der Waals surface area (Å²) in [6.45, 7) is 1.53. The summed E-state index contributed by atoms with van der Waals surface area (Å²) < 4.78 is 24.6. The van der Waals surface area contributed by atoms with Gasteiger partial charge in [0.25, 0.3) is 10.0 Å². The van der Waals surface area contributed by atoms with Gasteiger partial charge in [0.15, 0.2) is 0 Å². The molecule has 1 saturated carbocycles. The number of alkyl halides is 2. The third kappa shape index (κ3) is 2.22. The van der Waals surface area contributed by atoms with Crippen molar-refractivity contribution >= 4 is 39.1 Å². The number of hydrogen-bond donors (Lipinski definition) is 1. The molecule has 0 aromatic heterocycles. The van der Waals surface area contributed by atoms with Gasteiger partial charge in [-0.05, 0) is 25.5 Å². The largest absolute Gasteiger partial charge is 0.273 e. The van der Waals surface area contributed by atoms with Crippen molar-refractivity contribution in [3.05, 3.63) is 30.3 Å². The van der Waals surface area contributed by atoms with Gasteiger partial charge in [-0.15, -0.1) is 23.2 Å². The van der Waals surface area contributed by atoms with E-state index in [0.717, 1.165) is 0 Å². The van der Waals surface area contributed by atoms with Crippen molar-refractivity contribution in [2.45, 2.75) is 22.6 Å². The molecule has 0 radical (unpaired) electrons. The topological polar surface area (TPSA) is 63.2 Å². The Bertz CT molecular complexity index is 586. The van der Waals surface area contributed by atoms with Crippen LogP contribution in [-0.4, -0.2) is 18.7 Å². The van der Waals surface area contributed by atoms with Gasteiger partial charge in [0.2, 0.25) is 5.91 Å². The van der Waals surface area contributed by atoms with E-state index in [2.05, 4.69) is 0 Å². The predicted octanol–water partition coefficient (Wildman–Crippen LogP) is 2.08. The van der Waals surface area contributed by atoms with E-state index >= 15 is 0 Å². The van der Waals surface area contributed by atoms with Gasteiger partial charge in [-0.2, -0.15) is 0 Å². The molecule has 2 rings (SSSR count). The zero-order valence-electron chi connectivity index (χ0n) is 9.48. The van der Waals surface area contributed by atoms with Crippen LogP contribution in [0.2, 0.25) is 0 Å². The number of carbonyl (C=O) groups excluding carboxylic acids is 1. The highest BCUT2D eigenvalue weighted by Crippen LogP contribution is 2.63. The van der Waals surface area contributed by atoms with Crippen LogP contribution in [0.1, 0.15) is 13.3 Å². The van der Waals surface area contributed by atoms with Gasteiger partial charge < -0.3 is 0 Å². The minimum atomic E-state index is -3.87. The van der Waals surface area contributed by atoms with Crippen LogP contribution >= 0.6 is 23.2 Å². The first-order valence-electron chi connectivity index (χ1n) is 5.19. The van der Waals surface area contributed by atoms with E-state index in [0.29, 0.717) is 0 Å². The minimum Gasteiger partial charge on any atom is -0.273 e. The molecule has 1 unspecified atom stereocenters. The molecule has 1 N–H and O–H groups in total. The molecule has 1 aromatic carbocycles. The molecule has 4 nitrogen and oxygen atoms in total. The Labute approximate surface area is 115 Å². The zero-order chi connectivity index (χ0) is 13.6. The van der Waals surface area contributed by atoms with Gasteiger partial charge in [-0.3, -0.25) is 4.79 Å². The van der Waals surface area contributed by atoms with Gasteiger partial charge in [0, 0.05) is 0 Å². The van der Waals surface area contributed by atoms with Crippen LogP contribution in [0.5, 0.6) is 0 Å². The van der Waals surface area contributed by atoms with E-state index in [1.807, 2.05) is 4.72 Å². The Morgan fingerprint density at radius 3 is 2.22 bits per heavy atom. The van der Waals surface area contributed by atoms with Crippen LogP contribution in [0, 0.1) is 5.41 Å². The lowest BCUT2D eigenvalue weighted by molar-refractivity contribution is -0.123. The van der Waals surface area contributed by atoms with Crippen LogP contribution in [0.3, 0.4) is 0 Å². The van der Waals surface area contributed by atoms with Crippen molar-refractivity contribution in [1.82, 2.24) is 4.72 Å². The number of carbonyl (C=O) groups is 1. The Morgan fingerprint density at radius 1 is 1.28 bits per heavy atom. The molecule has 0 aliphatic heterocycles. The van der Waals surface area contributed by atoms with Crippen LogP contribution in [0.4, 0.5) is 0 Å². The third-order valence-electron chi connectivity index (χ3n) is 3.04. The molecule has 1 fully saturated rings. The second-order valence-corrected chi connectivity index (χ2v) is 7.63. The molecule has 0 bridgehead atoms. The van der Waals surface area contributed by atoms with E-state index in [1.165, 1.54) is 19.1 Å². The Kier molecular flexibility index (Phi) is 3.12. The lowest BCUT2D eigenvalue weighted by atomic mass is 10.1. The number of nitrogens with one attached hydrogen (secondary N) is 1. The van der Waals surface area contributed by atoms with E-state index in [-0.39, 0.29) is 11.3 Å². The maximum atomic E-state index is 11.9. The highest BCUT2D eigenvalue weighted by atomic mass is 35.5. The van der Waals surface area contributed by atoms with Crippen LogP contribution < -0.4 is 4.72 Å². The van der Waals surface area contributed by atoms with Crippen LogP contribution in [0.25, 0.3) is 0 Å². The SMILES string of the molecule is CC1(C(=O)NS(=O)(=O)c2ccccc2)CC1(Cl)Cl. The average Bonchev–Trinajstić information content (AvgIpc) is 2.80. The molecule has 0 heterocycles. The summed E-state index contributed by atoms with van der Waals surface area (Å²) >= 11 is 11.7. The molecule has 1 aliphatic rings. The quantitative estimate of drug-likeness (QED) is 0.870. The number of sulfonamides is 1. The van der Waals surface area contributed by atoms with E-state index in [1.54, 1.807) is 18.2 Å². The highest BCUT2D eigenvalue weighted by Gasteiger charge is 2.68. The van der Waals surface area contributed by atoms with Crippen molar-refractivity contribution in [1.29, 1.82) is 0 Å². The number of amides is 1. The van der Waals surface area contributed by atoms with E-state index < -0.39 is 25.7 Å². The second kappa shape index (κ2) is 4.11. The highest BCUT2D eigenvalue weighted by molar-refractivity contribution is 7.90. The molecule has 18 heavy (non-hydrogen) atoms. The number of halogens is 2. The maximum absolute atomic E-state index is 11.9. The van der Waals surface area contributed by atoms with Gasteiger partial charge in [-0.1, -0.05) is 18.2 Å². The fourth-order valence-corrected chi connectivity index (χ4v) is 3.35. The van der Waals surface area contributed by atoms with Crippen molar-refractivity contribution in [2.75, 3.05) is 0 Å². The summed E-state index contributed by atoms with van der Waals surface area (Å²) in [6, 6.07) is 7.64. The fraction of sp³-hybridized carbons (Fsp3) is 0.364. The predicted molar refractivity (Wildman–Crippen MR) is 68.9 cm³/mol. The van der Waals surface area contributed by atoms with Crippen molar-refractivity contribution in [3.8, 4) is 0 Å². The minimum absolute atomic E-state index is 0.0253. The van der Waals surface area contributed by atoms with Gasteiger partial charge in [0.1, 0.15) is 4.33 Å². The number of hydrogen-bond acceptors (Lipinski definition) is 3. The van der Waals surface area contributed by atoms with Crippen molar-refractivity contribution in [2.24, 2.45) is 5.41 Å². The van der Waals surface area contributed by atoms with Crippen molar-refractivity contribution in [3.63, 3.8) is 0 Å². The number of rotatable bonds is 3. The monoisotopic (exact) mass is 307 g/mol. The smallest absolute Gasteiger partial charge is 0.264 e. The molecule has 1 atom stereocenters. The maximum Gasteiger partial charge on any atom is 0.264 e. The molecule has 1 aromatic rings. The summed E-state index contributed by atoms with van der Waals surface area (Å²) in [7, 11) is -3.87. The van der Waals surface area contributed by atoms with E-state index in [9.17, 15) is 13.2 Å². The lowest BCUT2D eigenvalue weighted by Crippen LogP contribution is -2.37. The summed E-state index contributed by atoms with van der Waals surface area (Å²) in [5, 5.41) is 0. The van der Waals surface area contributed by atoms with Crippen molar-refractivity contribution < 1.29 is 13.2 Å². The van der Waals surface area contributed by atoms with Crippen LogP contribution in [0.15, 0.2) is 35.2 Å². The standard InChI is InChI=1S/C11H11Cl2NO3S/c1-10(7-11(10,12)13)9(15)14-18(16,17)8-5-3-2-4-6-8/h2-6H,7H2,1H3,(H,14,15). The Balaban J connectivity index is 2.19. The summed E-state index contributed by atoms with van der Waals surface area (Å²) in [4.78, 5) is 11.9. The first-order valence-corrected chi connectivity index (χ1v) is 7.43. The summed E-state index contributed by atoms with van der Waals surface area (Å²) in [5.74, 6) is -0.684. The molecule has 98 valence electrons. The van der Waals surface area contributed by atoms with Gasteiger partial charge in [-0.25, -0.2) is 13.1 Å². The second-order valence-electron chi connectivity index (χ2n) is 4.46. The first kappa shape index (κ1) is 13.6. The lowest BCUT2D eigenvalue weighted by Gasteiger charge is -2.12. The number of benzene rings is 1. The molecule has 0 saturated heterocycles.